The van der Waals surface area contributed by atoms with Gasteiger partial charge in [-0.3, -0.25) is 0 Å². The smallest absolute Gasteiger partial charge is 0.257 e. The number of thiophene rings is 1. The molecule has 0 atom stereocenters. The Balaban J connectivity index is 1.60. The van der Waals surface area contributed by atoms with Crippen LogP contribution in [0.1, 0.15) is 30.3 Å². The molecule has 0 aromatic carbocycles. The highest BCUT2D eigenvalue weighted by Gasteiger charge is 2.31. The molecule has 0 radical (unpaired) electrons. The number of hydrogen-bond acceptors (Lipinski definition) is 7. The largest absolute Gasteiger partial charge is 0.418 e. The minimum Gasteiger partial charge on any atom is -0.418 e. The van der Waals surface area contributed by atoms with E-state index in [1.165, 1.54) is 0 Å². The third kappa shape index (κ3) is 1.97. The van der Waals surface area contributed by atoms with E-state index in [9.17, 15) is 0 Å². The lowest BCUT2D eigenvalue weighted by Crippen LogP contribution is -2.07. The Bertz CT molecular complexity index is 727. The van der Waals surface area contributed by atoms with Crippen molar-refractivity contribution in [1.29, 1.82) is 0 Å². The molecular formula is C12H12N6OS. The van der Waals surface area contributed by atoms with Gasteiger partial charge in [-0.25, -0.2) is 4.68 Å². The van der Waals surface area contributed by atoms with E-state index in [4.69, 9.17) is 10.2 Å². The molecule has 0 unspecified atom stereocenters. The van der Waals surface area contributed by atoms with E-state index in [-0.39, 0.29) is 0 Å². The van der Waals surface area contributed by atoms with Crippen molar-refractivity contribution in [3.8, 4) is 10.8 Å². The summed E-state index contributed by atoms with van der Waals surface area (Å²) in [7, 11) is 0. The fourth-order valence-electron chi connectivity index (χ4n) is 2.17. The predicted molar refractivity (Wildman–Crippen MR) is 73.1 cm³/mol. The van der Waals surface area contributed by atoms with E-state index in [0.29, 0.717) is 30.1 Å². The van der Waals surface area contributed by atoms with Gasteiger partial charge in [-0.15, -0.1) is 26.6 Å². The van der Waals surface area contributed by atoms with Crippen LogP contribution < -0.4 is 5.73 Å². The molecule has 0 amide bonds. The van der Waals surface area contributed by atoms with E-state index in [1.54, 1.807) is 16.0 Å². The SMILES string of the molecule is Nc1nnn(Cc2nnc(-c3cccs3)o2)c1C1CC1. The van der Waals surface area contributed by atoms with Crippen LogP contribution in [0.5, 0.6) is 0 Å². The minimum absolute atomic E-state index is 0.411. The standard InChI is InChI=1S/C12H12N6OS/c13-11-10(7-3-4-7)18(17-15-11)6-9-14-16-12(19-9)8-2-1-5-20-8/h1-2,5,7H,3-4,6,13H2. The summed E-state index contributed by atoms with van der Waals surface area (Å²) in [6, 6.07) is 3.90. The van der Waals surface area contributed by atoms with Crippen LogP contribution in [0.3, 0.4) is 0 Å². The molecule has 1 aliphatic carbocycles. The molecule has 0 bridgehead atoms. The van der Waals surface area contributed by atoms with Crippen molar-refractivity contribution in [3.63, 3.8) is 0 Å². The fraction of sp³-hybridized carbons (Fsp3) is 0.333. The average molecular weight is 288 g/mol. The summed E-state index contributed by atoms with van der Waals surface area (Å²) in [5.74, 6) is 2.03. The highest BCUT2D eigenvalue weighted by atomic mass is 32.1. The van der Waals surface area contributed by atoms with Gasteiger partial charge in [0.1, 0.15) is 6.54 Å². The van der Waals surface area contributed by atoms with Crippen LogP contribution in [-0.2, 0) is 6.54 Å². The summed E-state index contributed by atoms with van der Waals surface area (Å²) in [6.45, 7) is 0.411. The molecule has 102 valence electrons. The maximum absolute atomic E-state index is 5.86. The maximum Gasteiger partial charge on any atom is 0.257 e. The van der Waals surface area contributed by atoms with Crippen LogP contribution in [0.15, 0.2) is 21.9 Å². The van der Waals surface area contributed by atoms with Gasteiger partial charge in [0.05, 0.1) is 10.6 Å². The Morgan fingerprint density at radius 2 is 2.25 bits per heavy atom. The number of aromatic nitrogens is 5. The van der Waals surface area contributed by atoms with Crippen molar-refractivity contribution in [2.24, 2.45) is 0 Å². The Hall–Kier alpha value is -2.22. The molecule has 0 aliphatic heterocycles. The first-order valence-corrected chi connectivity index (χ1v) is 7.24. The molecule has 0 spiro atoms. The molecular weight excluding hydrogens is 276 g/mol. The summed E-state index contributed by atoms with van der Waals surface area (Å²) in [6.07, 6.45) is 2.28. The van der Waals surface area contributed by atoms with Crippen LogP contribution >= 0.6 is 11.3 Å². The summed E-state index contributed by atoms with van der Waals surface area (Å²) >= 11 is 1.57. The zero-order valence-corrected chi connectivity index (χ0v) is 11.4. The normalized spacial score (nSPS) is 14.8. The number of rotatable bonds is 4. The Labute approximate surface area is 118 Å². The first-order chi connectivity index (χ1) is 9.81. The zero-order chi connectivity index (χ0) is 13.5. The van der Waals surface area contributed by atoms with E-state index >= 15 is 0 Å². The van der Waals surface area contributed by atoms with Crippen LogP contribution in [0.25, 0.3) is 10.8 Å². The second-order valence-corrected chi connectivity index (χ2v) is 5.72. The van der Waals surface area contributed by atoms with Crippen molar-refractivity contribution in [1.82, 2.24) is 25.2 Å². The van der Waals surface area contributed by atoms with Crippen molar-refractivity contribution in [3.05, 3.63) is 29.1 Å². The minimum atomic E-state index is 0.411. The molecule has 3 heterocycles. The lowest BCUT2D eigenvalue weighted by molar-refractivity contribution is 0.463. The average Bonchev–Trinajstić information content (AvgIpc) is 2.88. The van der Waals surface area contributed by atoms with Gasteiger partial charge in [0.2, 0.25) is 5.89 Å². The Kier molecular flexibility index (Phi) is 2.56. The zero-order valence-electron chi connectivity index (χ0n) is 10.6. The third-order valence-electron chi connectivity index (χ3n) is 3.25. The summed E-state index contributed by atoms with van der Waals surface area (Å²) < 4.78 is 7.42. The maximum atomic E-state index is 5.86. The molecule has 2 N–H and O–H groups in total. The van der Waals surface area contributed by atoms with E-state index in [0.717, 1.165) is 23.4 Å². The van der Waals surface area contributed by atoms with Crippen LogP contribution in [0.2, 0.25) is 0 Å². The lowest BCUT2D eigenvalue weighted by atomic mass is 10.3. The predicted octanol–water partition coefficient (Wildman–Crippen LogP) is 1.90. The first kappa shape index (κ1) is 11.6. The Morgan fingerprint density at radius 3 is 3.00 bits per heavy atom. The van der Waals surface area contributed by atoms with Crippen molar-refractivity contribution < 1.29 is 4.42 Å². The molecule has 1 aliphatic rings. The van der Waals surface area contributed by atoms with Crippen LogP contribution in [-0.4, -0.2) is 25.2 Å². The third-order valence-corrected chi connectivity index (χ3v) is 4.11. The first-order valence-electron chi connectivity index (χ1n) is 6.36. The van der Waals surface area contributed by atoms with Crippen molar-refractivity contribution in [2.75, 3.05) is 5.73 Å². The highest BCUT2D eigenvalue weighted by molar-refractivity contribution is 7.13. The van der Waals surface area contributed by atoms with Gasteiger partial charge in [0, 0.05) is 5.92 Å². The molecule has 4 rings (SSSR count). The second kappa shape index (κ2) is 4.41. The topological polar surface area (TPSA) is 95.7 Å². The van der Waals surface area contributed by atoms with Gasteiger partial charge in [0.25, 0.3) is 5.89 Å². The van der Waals surface area contributed by atoms with Crippen LogP contribution in [0.4, 0.5) is 5.82 Å². The molecule has 1 fully saturated rings. The second-order valence-electron chi connectivity index (χ2n) is 4.77. The Morgan fingerprint density at radius 1 is 1.35 bits per heavy atom. The molecule has 20 heavy (non-hydrogen) atoms. The molecule has 3 aromatic heterocycles. The monoisotopic (exact) mass is 288 g/mol. The number of hydrogen-bond donors (Lipinski definition) is 1. The van der Waals surface area contributed by atoms with E-state index in [1.807, 2.05) is 17.5 Å². The van der Waals surface area contributed by atoms with Gasteiger partial charge in [-0.2, -0.15) is 0 Å². The van der Waals surface area contributed by atoms with Crippen molar-refractivity contribution >= 4 is 17.2 Å². The summed E-state index contributed by atoms with van der Waals surface area (Å²) in [4.78, 5) is 0.962. The van der Waals surface area contributed by atoms with E-state index < -0.39 is 0 Å². The molecule has 0 saturated heterocycles. The summed E-state index contributed by atoms with van der Waals surface area (Å²) in [5, 5.41) is 18.1. The van der Waals surface area contributed by atoms with Crippen LogP contribution in [0, 0.1) is 0 Å². The molecule has 3 aromatic rings. The van der Waals surface area contributed by atoms with Crippen molar-refractivity contribution in [2.45, 2.75) is 25.3 Å². The van der Waals surface area contributed by atoms with Gasteiger partial charge in [0.15, 0.2) is 5.82 Å². The highest BCUT2D eigenvalue weighted by Crippen LogP contribution is 2.42. The summed E-state index contributed by atoms with van der Waals surface area (Å²) in [5.41, 5.74) is 6.85. The number of nitrogen functional groups attached to an aromatic ring is 1. The lowest BCUT2D eigenvalue weighted by Gasteiger charge is -2.01. The molecule has 1 saturated carbocycles. The number of nitrogens with two attached hydrogens (primary N) is 1. The van der Waals surface area contributed by atoms with Gasteiger partial charge in [-0.05, 0) is 24.3 Å². The molecule has 7 nitrogen and oxygen atoms in total. The molecule has 8 heteroatoms. The number of anilines is 1. The van der Waals surface area contributed by atoms with Gasteiger partial charge < -0.3 is 10.2 Å². The fourth-order valence-corrected chi connectivity index (χ4v) is 2.82. The van der Waals surface area contributed by atoms with Gasteiger partial charge in [-0.1, -0.05) is 11.3 Å². The van der Waals surface area contributed by atoms with Gasteiger partial charge >= 0.3 is 0 Å². The number of nitrogens with zero attached hydrogens (tertiary/aromatic N) is 5. The van der Waals surface area contributed by atoms with E-state index in [2.05, 4.69) is 20.5 Å². The quantitative estimate of drug-likeness (QED) is 0.787.